The SMILES string of the molecule is CN(C)CCNc1cc(F)cc(-c2nccc3[nH]c(-c4n[nH]c5cnc(C6=CCNCC6)cc45)cc23)c1. The highest BCUT2D eigenvalue weighted by Gasteiger charge is 2.17. The molecule has 188 valence electrons. The third-order valence-electron chi connectivity index (χ3n) is 6.70. The van der Waals surface area contributed by atoms with Gasteiger partial charge in [-0.05, 0) is 69.0 Å². The largest absolute Gasteiger partial charge is 0.384 e. The van der Waals surface area contributed by atoms with Crippen molar-refractivity contribution in [3.63, 3.8) is 0 Å². The van der Waals surface area contributed by atoms with Crippen molar-refractivity contribution in [1.29, 1.82) is 0 Å². The van der Waals surface area contributed by atoms with E-state index in [0.717, 1.165) is 88.4 Å². The van der Waals surface area contributed by atoms with E-state index in [1.807, 2.05) is 38.5 Å². The van der Waals surface area contributed by atoms with Gasteiger partial charge >= 0.3 is 0 Å². The highest BCUT2D eigenvalue weighted by Crippen LogP contribution is 2.34. The summed E-state index contributed by atoms with van der Waals surface area (Å²) in [4.78, 5) is 14.8. The van der Waals surface area contributed by atoms with E-state index in [1.54, 1.807) is 6.20 Å². The summed E-state index contributed by atoms with van der Waals surface area (Å²) < 4.78 is 14.6. The molecule has 6 rings (SSSR count). The Labute approximate surface area is 214 Å². The molecule has 9 heteroatoms. The van der Waals surface area contributed by atoms with Crippen LogP contribution in [0.4, 0.5) is 10.1 Å². The van der Waals surface area contributed by atoms with Crippen LogP contribution in [-0.4, -0.2) is 70.3 Å². The number of aromatic nitrogens is 5. The quantitative estimate of drug-likeness (QED) is 0.262. The van der Waals surface area contributed by atoms with Crippen molar-refractivity contribution in [2.75, 3.05) is 45.6 Å². The van der Waals surface area contributed by atoms with Gasteiger partial charge in [-0.1, -0.05) is 6.08 Å². The first kappa shape index (κ1) is 23.3. The van der Waals surface area contributed by atoms with Crippen LogP contribution in [-0.2, 0) is 0 Å². The van der Waals surface area contributed by atoms with Crippen LogP contribution in [0.15, 0.2) is 54.9 Å². The van der Waals surface area contributed by atoms with Gasteiger partial charge in [0.15, 0.2) is 0 Å². The van der Waals surface area contributed by atoms with Crippen LogP contribution in [0, 0.1) is 5.82 Å². The zero-order valence-corrected chi connectivity index (χ0v) is 20.9. The molecular weight excluding hydrogens is 467 g/mol. The summed E-state index contributed by atoms with van der Waals surface area (Å²) in [6, 6.07) is 11.1. The zero-order chi connectivity index (χ0) is 25.4. The predicted octanol–water partition coefficient (Wildman–Crippen LogP) is 4.66. The number of aromatic amines is 2. The van der Waals surface area contributed by atoms with Crippen molar-refractivity contribution < 1.29 is 4.39 Å². The summed E-state index contributed by atoms with van der Waals surface area (Å²) in [5, 5.41) is 16.3. The van der Waals surface area contributed by atoms with Gasteiger partial charge in [-0.25, -0.2) is 4.39 Å². The summed E-state index contributed by atoms with van der Waals surface area (Å²) in [5.41, 5.74) is 7.88. The molecule has 8 nitrogen and oxygen atoms in total. The van der Waals surface area contributed by atoms with E-state index in [0.29, 0.717) is 0 Å². The Morgan fingerprint density at radius 1 is 1.03 bits per heavy atom. The van der Waals surface area contributed by atoms with Crippen LogP contribution in [0.1, 0.15) is 12.1 Å². The Kier molecular flexibility index (Phi) is 6.15. The molecule has 0 unspecified atom stereocenters. The molecule has 0 aliphatic carbocycles. The van der Waals surface area contributed by atoms with Crippen molar-refractivity contribution >= 4 is 33.1 Å². The zero-order valence-electron chi connectivity index (χ0n) is 20.9. The molecule has 4 aromatic heterocycles. The topological polar surface area (TPSA) is 97.5 Å². The molecule has 37 heavy (non-hydrogen) atoms. The molecule has 5 heterocycles. The number of fused-ring (bicyclic) bond motifs is 2. The van der Waals surface area contributed by atoms with Gasteiger partial charge in [0.25, 0.3) is 0 Å². The van der Waals surface area contributed by atoms with Crippen molar-refractivity contribution in [2.24, 2.45) is 0 Å². The predicted molar refractivity (Wildman–Crippen MR) is 147 cm³/mol. The van der Waals surface area contributed by atoms with E-state index in [1.165, 1.54) is 17.7 Å². The number of nitrogens with zero attached hydrogens (tertiary/aromatic N) is 4. The maximum Gasteiger partial charge on any atom is 0.125 e. The fraction of sp³-hybridized carbons (Fsp3) is 0.250. The Balaban J connectivity index is 1.39. The molecule has 0 saturated heterocycles. The molecule has 0 bridgehead atoms. The summed E-state index contributed by atoms with van der Waals surface area (Å²) >= 11 is 0. The molecule has 0 amide bonds. The minimum Gasteiger partial charge on any atom is -0.384 e. The molecule has 1 aliphatic heterocycles. The minimum absolute atomic E-state index is 0.301. The summed E-state index contributed by atoms with van der Waals surface area (Å²) in [6.07, 6.45) is 6.74. The average molecular weight is 497 g/mol. The lowest BCUT2D eigenvalue weighted by Gasteiger charge is -2.13. The Hall–Kier alpha value is -4.08. The van der Waals surface area contributed by atoms with Gasteiger partial charge in [0.2, 0.25) is 0 Å². The van der Waals surface area contributed by atoms with Crippen LogP contribution < -0.4 is 10.6 Å². The molecule has 1 aliphatic rings. The maximum absolute atomic E-state index is 14.6. The second-order valence-electron chi connectivity index (χ2n) is 9.63. The van der Waals surface area contributed by atoms with Gasteiger partial charge in [-0.15, -0.1) is 0 Å². The third-order valence-corrected chi connectivity index (χ3v) is 6.70. The lowest BCUT2D eigenvalue weighted by molar-refractivity contribution is 0.425. The number of hydrogen-bond donors (Lipinski definition) is 4. The lowest BCUT2D eigenvalue weighted by Crippen LogP contribution is -2.20. The van der Waals surface area contributed by atoms with Crippen LogP contribution in [0.3, 0.4) is 0 Å². The van der Waals surface area contributed by atoms with Gasteiger partial charge in [-0.2, -0.15) is 5.10 Å². The maximum atomic E-state index is 14.6. The summed E-state index contributed by atoms with van der Waals surface area (Å²) in [5.74, 6) is -0.301. The van der Waals surface area contributed by atoms with E-state index in [9.17, 15) is 4.39 Å². The van der Waals surface area contributed by atoms with E-state index in [-0.39, 0.29) is 5.82 Å². The van der Waals surface area contributed by atoms with Crippen LogP contribution in [0.5, 0.6) is 0 Å². The Morgan fingerprint density at radius 3 is 2.76 bits per heavy atom. The first-order chi connectivity index (χ1) is 18.0. The standard InChI is InChI=1S/C28H29FN8/c1-37(2)10-9-31-20-12-18(11-19(29)13-20)27-21-15-25(34-23(21)5-8-32-27)28-22-14-24(17-3-6-30-7-4-17)33-16-26(22)35-36-28/h3,5,8,11-16,30-31,34H,4,6-7,9-10H2,1-2H3,(H,35,36). The van der Waals surface area contributed by atoms with E-state index in [2.05, 4.69) is 52.8 Å². The van der Waals surface area contributed by atoms with Crippen LogP contribution >= 0.6 is 0 Å². The molecular formula is C28H29FN8. The number of pyridine rings is 2. The third kappa shape index (κ3) is 4.71. The Bertz CT molecular complexity index is 1610. The van der Waals surface area contributed by atoms with E-state index in [4.69, 9.17) is 0 Å². The van der Waals surface area contributed by atoms with Crippen molar-refractivity contribution in [3.8, 4) is 22.6 Å². The summed E-state index contributed by atoms with van der Waals surface area (Å²) in [6.45, 7) is 3.38. The van der Waals surface area contributed by atoms with E-state index >= 15 is 0 Å². The Morgan fingerprint density at radius 2 is 1.92 bits per heavy atom. The number of halogens is 1. The van der Waals surface area contributed by atoms with Gasteiger partial charge in [0, 0.05) is 53.4 Å². The van der Waals surface area contributed by atoms with Gasteiger partial charge in [0.05, 0.1) is 28.8 Å². The number of hydrogen-bond acceptors (Lipinski definition) is 6. The molecule has 4 N–H and O–H groups in total. The molecule has 0 saturated carbocycles. The molecule has 0 atom stereocenters. The van der Waals surface area contributed by atoms with Crippen LogP contribution in [0.2, 0.25) is 0 Å². The normalized spacial score (nSPS) is 14.0. The van der Waals surface area contributed by atoms with Gasteiger partial charge in [-0.3, -0.25) is 15.1 Å². The highest BCUT2D eigenvalue weighted by atomic mass is 19.1. The lowest BCUT2D eigenvalue weighted by atomic mass is 10.0. The molecule has 0 fully saturated rings. The van der Waals surface area contributed by atoms with Gasteiger partial charge in [0.1, 0.15) is 11.5 Å². The fourth-order valence-corrected chi connectivity index (χ4v) is 4.82. The first-order valence-electron chi connectivity index (χ1n) is 12.5. The van der Waals surface area contributed by atoms with E-state index < -0.39 is 0 Å². The smallest absolute Gasteiger partial charge is 0.125 e. The number of anilines is 1. The summed E-state index contributed by atoms with van der Waals surface area (Å²) in [7, 11) is 4.02. The second kappa shape index (κ2) is 9.76. The number of H-pyrrole nitrogens is 2. The monoisotopic (exact) mass is 496 g/mol. The molecule has 5 aromatic rings. The number of benzene rings is 1. The molecule has 1 aromatic carbocycles. The number of rotatable bonds is 7. The van der Waals surface area contributed by atoms with Crippen molar-refractivity contribution in [2.45, 2.75) is 6.42 Å². The van der Waals surface area contributed by atoms with Crippen molar-refractivity contribution in [3.05, 3.63) is 66.4 Å². The highest BCUT2D eigenvalue weighted by molar-refractivity contribution is 6.00. The fourth-order valence-electron chi connectivity index (χ4n) is 4.82. The molecule has 0 spiro atoms. The number of likely N-dealkylation sites (N-methyl/N-ethyl adjacent to an activating group) is 1. The molecule has 0 radical (unpaired) electrons. The minimum atomic E-state index is -0.301. The van der Waals surface area contributed by atoms with Crippen LogP contribution in [0.25, 0.3) is 50.0 Å². The number of nitrogens with one attached hydrogen (secondary N) is 4. The first-order valence-corrected chi connectivity index (χ1v) is 12.5. The second-order valence-corrected chi connectivity index (χ2v) is 9.63. The van der Waals surface area contributed by atoms with Crippen molar-refractivity contribution in [1.82, 2.24) is 35.4 Å². The van der Waals surface area contributed by atoms with Gasteiger partial charge < -0.3 is 20.5 Å². The average Bonchev–Trinajstić information content (AvgIpc) is 3.52.